The SMILES string of the molecule is CC(CCCl)Sc1nnccc1C#N. The second-order valence-corrected chi connectivity index (χ2v) is 4.57. The molecule has 0 radical (unpaired) electrons. The van der Waals surface area contributed by atoms with Crippen LogP contribution in [0.4, 0.5) is 0 Å². The maximum Gasteiger partial charge on any atom is 0.137 e. The van der Waals surface area contributed by atoms with E-state index in [1.165, 1.54) is 18.0 Å². The highest BCUT2D eigenvalue weighted by Crippen LogP contribution is 2.25. The molecule has 1 unspecified atom stereocenters. The number of thioether (sulfide) groups is 1. The van der Waals surface area contributed by atoms with Gasteiger partial charge in [0.15, 0.2) is 0 Å². The monoisotopic (exact) mass is 227 g/mol. The Morgan fingerprint density at radius 3 is 3.14 bits per heavy atom. The zero-order valence-corrected chi connectivity index (χ0v) is 9.35. The maximum absolute atomic E-state index is 8.80. The van der Waals surface area contributed by atoms with E-state index in [-0.39, 0.29) is 0 Å². The molecule has 0 aliphatic carbocycles. The summed E-state index contributed by atoms with van der Waals surface area (Å²) in [5.41, 5.74) is 0.575. The summed E-state index contributed by atoms with van der Waals surface area (Å²) in [4.78, 5) is 0. The molecule has 74 valence electrons. The summed E-state index contributed by atoms with van der Waals surface area (Å²) in [6.45, 7) is 2.06. The molecule has 1 aromatic heterocycles. The van der Waals surface area contributed by atoms with Gasteiger partial charge < -0.3 is 0 Å². The van der Waals surface area contributed by atoms with Gasteiger partial charge in [-0.05, 0) is 12.5 Å². The van der Waals surface area contributed by atoms with E-state index < -0.39 is 0 Å². The largest absolute Gasteiger partial charge is 0.192 e. The van der Waals surface area contributed by atoms with E-state index >= 15 is 0 Å². The lowest BCUT2D eigenvalue weighted by Crippen LogP contribution is -1.99. The number of nitriles is 1. The van der Waals surface area contributed by atoms with E-state index in [4.69, 9.17) is 16.9 Å². The van der Waals surface area contributed by atoms with E-state index in [1.54, 1.807) is 6.07 Å². The number of nitrogens with zero attached hydrogens (tertiary/aromatic N) is 3. The summed E-state index contributed by atoms with van der Waals surface area (Å²) < 4.78 is 0. The lowest BCUT2D eigenvalue weighted by atomic mass is 10.3. The van der Waals surface area contributed by atoms with Crippen molar-refractivity contribution in [1.82, 2.24) is 10.2 Å². The molecule has 1 atom stereocenters. The Morgan fingerprint density at radius 1 is 1.71 bits per heavy atom. The van der Waals surface area contributed by atoms with Crippen molar-refractivity contribution in [1.29, 1.82) is 5.26 Å². The van der Waals surface area contributed by atoms with Crippen LogP contribution in [0.5, 0.6) is 0 Å². The van der Waals surface area contributed by atoms with Gasteiger partial charge in [0, 0.05) is 11.1 Å². The Kier molecular flexibility index (Phi) is 4.71. The fourth-order valence-electron chi connectivity index (χ4n) is 0.894. The molecule has 3 nitrogen and oxygen atoms in total. The Morgan fingerprint density at radius 2 is 2.50 bits per heavy atom. The van der Waals surface area contributed by atoms with Crippen molar-refractivity contribution in [2.75, 3.05) is 5.88 Å². The van der Waals surface area contributed by atoms with Gasteiger partial charge in [-0.3, -0.25) is 0 Å². The second-order valence-electron chi connectivity index (χ2n) is 2.77. The highest BCUT2D eigenvalue weighted by molar-refractivity contribution is 7.99. The third-order valence-corrected chi connectivity index (χ3v) is 3.02. The first kappa shape index (κ1) is 11.3. The van der Waals surface area contributed by atoms with Crippen LogP contribution >= 0.6 is 23.4 Å². The number of hydrogen-bond donors (Lipinski definition) is 0. The van der Waals surface area contributed by atoms with Crippen molar-refractivity contribution in [3.05, 3.63) is 17.8 Å². The molecule has 0 amide bonds. The summed E-state index contributed by atoms with van der Waals surface area (Å²) in [7, 11) is 0. The molecule has 5 heteroatoms. The fraction of sp³-hybridized carbons (Fsp3) is 0.444. The number of aromatic nitrogens is 2. The summed E-state index contributed by atoms with van der Waals surface area (Å²) in [5.74, 6) is 0.621. The third kappa shape index (κ3) is 3.17. The molecular weight excluding hydrogens is 218 g/mol. The van der Waals surface area contributed by atoms with Crippen LogP contribution in [0, 0.1) is 11.3 Å². The second kappa shape index (κ2) is 5.84. The minimum Gasteiger partial charge on any atom is -0.192 e. The third-order valence-electron chi connectivity index (χ3n) is 1.64. The molecule has 0 saturated carbocycles. The Labute approximate surface area is 92.5 Å². The van der Waals surface area contributed by atoms with E-state index in [9.17, 15) is 0 Å². The Bertz CT molecular complexity index is 337. The zero-order valence-electron chi connectivity index (χ0n) is 7.77. The van der Waals surface area contributed by atoms with Crippen molar-refractivity contribution in [3.63, 3.8) is 0 Å². The molecule has 0 aromatic carbocycles. The standard InChI is InChI=1S/C9H10ClN3S/c1-7(2-4-10)14-9-8(6-11)3-5-12-13-9/h3,5,7H,2,4H2,1H3. The highest BCUT2D eigenvalue weighted by atomic mass is 35.5. The number of alkyl halides is 1. The van der Waals surface area contributed by atoms with Crippen LogP contribution in [0.3, 0.4) is 0 Å². The maximum atomic E-state index is 8.80. The van der Waals surface area contributed by atoms with Gasteiger partial charge in [-0.2, -0.15) is 10.4 Å². The lowest BCUT2D eigenvalue weighted by Gasteiger charge is -2.07. The quantitative estimate of drug-likeness (QED) is 0.586. The topological polar surface area (TPSA) is 49.6 Å². The number of rotatable bonds is 4. The average Bonchev–Trinajstić information content (AvgIpc) is 2.19. The Hall–Kier alpha value is -0.790. The molecule has 0 bridgehead atoms. The van der Waals surface area contributed by atoms with Crippen molar-refractivity contribution < 1.29 is 0 Å². The van der Waals surface area contributed by atoms with Crippen molar-refractivity contribution in [3.8, 4) is 6.07 Å². The van der Waals surface area contributed by atoms with Gasteiger partial charge in [0.05, 0.1) is 11.8 Å². The fourth-order valence-corrected chi connectivity index (χ4v) is 2.30. The van der Waals surface area contributed by atoms with Crippen LogP contribution in [0.15, 0.2) is 17.3 Å². The first-order valence-corrected chi connectivity index (χ1v) is 5.63. The van der Waals surface area contributed by atoms with E-state index in [2.05, 4.69) is 23.2 Å². The molecule has 14 heavy (non-hydrogen) atoms. The molecule has 1 rings (SSSR count). The van der Waals surface area contributed by atoms with Crippen LogP contribution in [-0.4, -0.2) is 21.3 Å². The lowest BCUT2D eigenvalue weighted by molar-refractivity contribution is 0.882. The van der Waals surface area contributed by atoms with Gasteiger partial charge in [-0.1, -0.05) is 6.92 Å². The summed E-state index contributed by atoms with van der Waals surface area (Å²) in [5, 5.41) is 17.5. The zero-order chi connectivity index (χ0) is 10.4. The molecule has 0 aliphatic rings. The van der Waals surface area contributed by atoms with Gasteiger partial charge in [-0.25, -0.2) is 0 Å². The number of halogens is 1. The molecule has 0 saturated heterocycles. The molecule has 0 fully saturated rings. The minimum atomic E-state index is 0.358. The first-order valence-electron chi connectivity index (χ1n) is 4.22. The van der Waals surface area contributed by atoms with Gasteiger partial charge >= 0.3 is 0 Å². The summed E-state index contributed by atoms with van der Waals surface area (Å²) in [6, 6.07) is 3.76. The average molecular weight is 228 g/mol. The van der Waals surface area contributed by atoms with E-state index in [1.807, 2.05) is 0 Å². The predicted octanol–water partition coefficient (Wildman–Crippen LogP) is 2.46. The molecule has 1 heterocycles. The van der Waals surface area contributed by atoms with Gasteiger partial charge in [-0.15, -0.1) is 28.5 Å². The van der Waals surface area contributed by atoms with Crippen LogP contribution in [0.2, 0.25) is 0 Å². The highest BCUT2D eigenvalue weighted by Gasteiger charge is 2.09. The van der Waals surface area contributed by atoms with Crippen molar-refractivity contribution in [2.24, 2.45) is 0 Å². The van der Waals surface area contributed by atoms with Crippen LogP contribution in [0.25, 0.3) is 0 Å². The van der Waals surface area contributed by atoms with Crippen LogP contribution in [0.1, 0.15) is 18.9 Å². The van der Waals surface area contributed by atoms with Gasteiger partial charge in [0.25, 0.3) is 0 Å². The van der Waals surface area contributed by atoms with Gasteiger partial charge in [0.2, 0.25) is 0 Å². The minimum absolute atomic E-state index is 0.358. The normalized spacial score (nSPS) is 12.1. The molecule has 0 spiro atoms. The van der Waals surface area contributed by atoms with Crippen molar-refractivity contribution in [2.45, 2.75) is 23.6 Å². The van der Waals surface area contributed by atoms with Crippen LogP contribution < -0.4 is 0 Å². The van der Waals surface area contributed by atoms with E-state index in [0.29, 0.717) is 21.7 Å². The van der Waals surface area contributed by atoms with Crippen molar-refractivity contribution >= 4 is 23.4 Å². The first-order chi connectivity index (χ1) is 6.77. The summed E-state index contributed by atoms with van der Waals surface area (Å²) in [6.07, 6.45) is 2.42. The van der Waals surface area contributed by atoms with E-state index in [0.717, 1.165) is 6.42 Å². The molecule has 1 aromatic rings. The Balaban J connectivity index is 2.71. The number of hydrogen-bond acceptors (Lipinski definition) is 4. The van der Waals surface area contributed by atoms with Crippen LogP contribution in [-0.2, 0) is 0 Å². The van der Waals surface area contributed by atoms with Gasteiger partial charge in [0.1, 0.15) is 11.1 Å². The summed E-state index contributed by atoms with van der Waals surface area (Å²) >= 11 is 7.16. The molecule has 0 N–H and O–H groups in total. The predicted molar refractivity (Wildman–Crippen MR) is 57.4 cm³/mol. The smallest absolute Gasteiger partial charge is 0.137 e. The molecular formula is C9H10ClN3S. The molecule has 0 aliphatic heterocycles.